The van der Waals surface area contributed by atoms with Crippen molar-refractivity contribution < 1.29 is 9.90 Å². The monoisotopic (exact) mass is 254 g/mol. The Labute approximate surface area is 103 Å². The van der Waals surface area contributed by atoms with E-state index in [0.717, 1.165) is 18.1 Å². The van der Waals surface area contributed by atoms with E-state index >= 15 is 0 Å². The first-order valence-corrected chi connectivity index (χ1v) is 6.53. The first-order valence-electron chi connectivity index (χ1n) is 5.55. The number of hydrogen-bond acceptors (Lipinski definition) is 4. The molecule has 92 valence electrons. The van der Waals surface area contributed by atoms with Crippen LogP contribution in [-0.2, 0) is 0 Å². The quantitative estimate of drug-likeness (QED) is 0.617. The number of carboxylic acid groups (broad SMARTS) is 1. The lowest BCUT2D eigenvalue weighted by Gasteiger charge is -2.06. The van der Waals surface area contributed by atoms with E-state index in [1.165, 1.54) is 24.6 Å². The van der Waals surface area contributed by atoms with Gasteiger partial charge in [-0.05, 0) is 25.0 Å². The first-order chi connectivity index (χ1) is 8.08. The number of aryl methyl sites for hydroxylation is 1. The summed E-state index contributed by atoms with van der Waals surface area (Å²) in [7, 11) is 0. The third-order valence-corrected chi connectivity index (χ3v) is 3.77. The van der Waals surface area contributed by atoms with E-state index in [1.807, 2.05) is 0 Å². The van der Waals surface area contributed by atoms with Crippen LogP contribution >= 0.6 is 11.8 Å². The van der Waals surface area contributed by atoms with Crippen molar-refractivity contribution in [3.05, 3.63) is 21.7 Å². The molecule has 0 bridgehead atoms. The minimum absolute atomic E-state index is 0.116. The van der Waals surface area contributed by atoms with E-state index in [0.29, 0.717) is 10.7 Å². The number of carboxylic acids is 1. The summed E-state index contributed by atoms with van der Waals surface area (Å²) in [6, 6.07) is 0. The number of H-pyrrole nitrogens is 1. The second-order valence-electron chi connectivity index (χ2n) is 4.23. The maximum Gasteiger partial charge on any atom is 0.346 e. The minimum Gasteiger partial charge on any atom is -0.478 e. The Morgan fingerprint density at radius 2 is 2.29 bits per heavy atom. The molecule has 2 N–H and O–H groups in total. The molecule has 1 heterocycles. The van der Waals surface area contributed by atoms with E-state index in [1.54, 1.807) is 6.92 Å². The molecule has 0 saturated heterocycles. The number of hydrogen-bond donors (Lipinski definition) is 2. The summed E-state index contributed by atoms with van der Waals surface area (Å²) in [5.74, 6) is 0.569. The number of carbonyl (C=O) groups is 1. The minimum atomic E-state index is -1.04. The lowest BCUT2D eigenvalue weighted by atomic mass is 10.2. The summed E-state index contributed by atoms with van der Waals surface area (Å²) in [5, 5.41) is 9.42. The lowest BCUT2D eigenvalue weighted by Crippen LogP contribution is -2.18. The number of aromatic amines is 1. The highest BCUT2D eigenvalue weighted by Crippen LogP contribution is 2.34. The average molecular weight is 254 g/mol. The summed E-state index contributed by atoms with van der Waals surface area (Å²) in [4.78, 5) is 28.5. The number of nitrogens with one attached hydrogen (secondary N) is 1. The van der Waals surface area contributed by atoms with Gasteiger partial charge in [0.15, 0.2) is 0 Å². The molecule has 1 aromatic rings. The van der Waals surface area contributed by atoms with E-state index in [-0.39, 0.29) is 5.56 Å². The van der Waals surface area contributed by atoms with Gasteiger partial charge in [-0.15, -0.1) is 11.8 Å². The molecular weight excluding hydrogens is 240 g/mol. The standard InChI is InChI=1S/C11H14N2O3S/c1-6-8(10(14)15)9(13-11(16)12-6)17-5-4-7-2-3-7/h7H,2-5H2,1H3,(H,14,15)(H,12,13,16). The van der Waals surface area contributed by atoms with Crippen molar-refractivity contribution >= 4 is 17.7 Å². The molecule has 0 atom stereocenters. The molecule has 1 aliphatic carbocycles. The SMILES string of the molecule is Cc1[nH]c(=O)nc(SCCC2CC2)c1C(=O)O. The Kier molecular flexibility index (Phi) is 3.51. The maximum atomic E-state index is 11.2. The van der Waals surface area contributed by atoms with Crippen LogP contribution in [0.25, 0.3) is 0 Å². The predicted molar refractivity (Wildman–Crippen MR) is 64.6 cm³/mol. The Hall–Kier alpha value is -1.30. The van der Waals surface area contributed by atoms with Crippen LogP contribution in [0.5, 0.6) is 0 Å². The van der Waals surface area contributed by atoms with Crippen LogP contribution in [-0.4, -0.2) is 26.8 Å². The summed E-state index contributed by atoms with van der Waals surface area (Å²) in [6.45, 7) is 1.58. The summed E-state index contributed by atoms with van der Waals surface area (Å²) in [6.07, 6.45) is 3.61. The highest BCUT2D eigenvalue weighted by Gasteiger charge is 2.22. The molecule has 5 nitrogen and oxygen atoms in total. The summed E-state index contributed by atoms with van der Waals surface area (Å²) >= 11 is 1.36. The molecule has 2 rings (SSSR count). The van der Waals surface area contributed by atoms with Crippen molar-refractivity contribution in [3.8, 4) is 0 Å². The van der Waals surface area contributed by atoms with Gasteiger partial charge in [0.05, 0.1) is 0 Å². The number of thioether (sulfide) groups is 1. The van der Waals surface area contributed by atoms with Crippen molar-refractivity contribution in [2.45, 2.75) is 31.2 Å². The zero-order valence-electron chi connectivity index (χ0n) is 9.52. The van der Waals surface area contributed by atoms with Crippen LogP contribution in [0.3, 0.4) is 0 Å². The third kappa shape index (κ3) is 3.09. The Morgan fingerprint density at radius 1 is 1.59 bits per heavy atom. The second-order valence-corrected chi connectivity index (χ2v) is 5.32. The zero-order valence-corrected chi connectivity index (χ0v) is 10.3. The normalized spacial score (nSPS) is 14.9. The lowest BCUT2D eigenvalue weighted by molar-refractivity contribution is 0.0690. The third-order valence-electron chi connectivity index (χ3n) is 2.76. The number of nitrogens with zero attached hydrogens (tertiary/aromatic N) is 1. The van der Waals surface area contributed by atoms with Gasteiger partial charge in [-0.3, -0.25) is 0 Å². The molecular formula is C11H14N2O3S. The Morgan fingerprint density at radius 3 is 2.88 bits per heavy atom. The summed E-state index contributed by atoms with van der Waals surface area (Å²) < 4.78 is 0. The fourth-order valence-electron chi connectivity index (χ4n) is 1.64. The Bertz CT molecular complexity index is 494. The molecule has 0 radical (unpaired) electrons. The zero-order chi connectivity index (χ0) is 12.4. The van der Waals surface area contributed by atoms with Crippen molar-refractivity contribution in [2.24, 2.45) is 5.92 Å². The van der Waals surface area contributed by atoms with Gasteiger partial charge in [0, 0.05) is 5.69 Å². The molecule has 1 fully saturated rings. The van der Waals surface area contributed by atoms with Crippen LogP contribution in [0.2, 0.25) is 0 Å². The van der Waals surface area contributed by atoms with Gasteiger partial charge < -0.3 is 10.1 Å². The predicted octanol–water partition coefficient (Wildman–Crippen LogP) is 1.67. The number of aromatic carboxylic acids is 1. The number of rotatable bonds is 5. The molecule has 1 aliphatic rings. The molecule has 17 heavy (non-hydrogen) atoms. The van der Waals surface area contributed by atoms with Gasteiger partial charge in [0.25, 0.3) is 0 Å². The van der Waals surface area contributed by atoms with Gasteiger partial charge in [0.1, 0.15) is 10.6 Å². The molecule has 0 unspecified atom stereocenters. The van der Waals surface area contributed by atoms with Crippen molar-refractivity contribution in [2.75, 3.05) is 5.75 Å². The van der Waals surface area contributed by atoms with E-state index in [2.05, 4.69) is 9.97 Å². The average Bonchev–Trinajstić information content (AvgIpc) is 2.99. The van der Waals surface area contributed by atoms with Crippen molar-refractivity contribution in [1.29, 1.82) is 0 Å². The van der Waals surface area contributed by atoms with E-state index in [4.69, 9.17) is 5.11 Å². The van der Waals surface area contributed by atoms with Gasteiger partial charge in [-0.2, -0.15) is 4.98 Å². The smallest absolute Gasteiger partial charge is 0.346 e. The fraction of sp³-hybridized carbons (Fsp3) is 0.545. The number of aromatic nitrogens is 2. The van der Waals surface area contributed by atoms with Crippen LogP contribution in [0, 0.1) is 12.8 Å². The van der Waals surface area contributed by atoms with Gasteiger partial charge >= 0.3 is 11.7 Å². The van der Waals surface area contributed by atoms with Gasteiger partial charge in [-0.1, -0.05) is 12.8 Å². The van der Waals surface area contributed by atoms with Crippen LogP contribution in [0.4, 0.5) is 0 Å². The molecule has 6 heteroatoms. The highest BCUT2D eigenvalue weighted by molar-refractivity contribution is 7.99. The first kappa shape index (κ1) is 12.2. The molecule has 0 aromatic carbocycles. The second kappa shape index (κ2) is 4.91. The van der Waals surface area contributed by atoms with Crippen molar-refractivity contribution in [3.63, 3.8) is 0 Å². The van der Waals surface area contributed by atoms with Crippen LogP contribution in [0.1, 0.15) is 35.3 Å². The molecule has 1 saturated carbocycles. The maximum absolute atomic E-state index is 11.2. The molecule has 0 spiro atoms. The van der Waals surface area contributed by atoms with Gasteiger partial charge in [0.2, 0.25) is 0 Å². The fourth-order valence-corrected chi connectivity index (χ4v) is 2.82. The van der Waals surface area contributed by atoms with Crippen LogP contribution < -0.4 is 5.69 Å². The molecule has 0 aliphatic heterocycles. The van der Waals surface area contributed by atoms with Crippen molar-refractivity contribution in [1.82, 2.24) is 9.97 Å². The molecule has 0 amide bonds. The van der Waals surface area contributed by atoms with Gasteiger partial charge in [-0.25, -0.2) is 9.59 Å². The van der Waals surface area contributed by atoms with Crippen LogP contribution in [0.15, 0.2) is 9.82 Å². The van der Waals surface area contributed by atoms with E-state index in [9.17, 15) is 9.59 Å². The van der Waals surface area contributed by atoms with E-state index < -0.39 is 11.7 Å². The Balaban J connectivity index is 2.16. The topological polar surface area (TPSA) is 83.0 Å². The highest BCUT2D eigenvalue weighted by atomic mass is 32.2. The molecule has 1 aromatic heterocycles. The largest absolute Gasteiger partial charge is 0.478 e. The summed E-state index contributed by atoms with van der Waals surface area (Å²) in [5.41, 5.74) is -0.00163.